The molecule has 1 fully saturated rings. The van der Waals surface area contributed by atoms with Gasteiger partial charge in [0.25, 0.3) is 0 Å². The van der Waals surface area contributed by atoms with Gasteiger partial charge in [0, 0.05) is 13.6 Å². The number of aromatic nitrogens is 2. The first kappa shape index (κ1) is 8.29. The summed E-state index contributed by atoms with van der Waals surface area (Å²) in [5.41, 5.74) is 5.54. The predicted molar refractivity (Wildman–Crippen MR) is 52.4 cm³/mol. The molecule has 0 unspecified atom stereocenters. The molecule has 2 N–H and O–H groups in total. The first-order valence-electron chi connectivity index (χ1n) is 4.54. The third kappa shape index (κ3) is 2.08. The van der Waals surface area contributed by atoms with Crippen LogP contribution in [0.2, 0.25) is 0 Å². The highest BCUT2D eigenvalue weighted by Crippen LogP contribution is 2.30. The predicted octanol–water partition coefficient (Wildman–Crippen LogP) is 0.905. The standard InChI is InChI=1S/C9H14N4/c1-13(6-7-2-3-7)9-5-11-4-8(10)12-9/h4-5,7H,2-3,6H2,1H3,(H2,10,12). The van der Waals surface area contributed by atoms with E-state index in [1.807, 2.05) is 7.05 Å². The van der Waals surface area contributed by atoms with Gasteiger partial charge in [0.2, 0.25) is 0 Å². The molecule has 0 bridgehead atoms. The van der Waals surface area contributed by atoms with Crippen molar-refractivity contribution in [2.45, 2.75) is 12.8 Å². The molecule has 1 aromatic rings. The number of nitrogen functional groups attached to an aromatic ring is 1. The minimum atomic E-state index is 0.486. The van der Waals surface area contributed by atoms with Crippen molar-refractivity contribution in [3.8, 4) is 0 Å². The van der Waals surface area contributed by atoms with Gasteiger partial charge in [0.1, 0.15) is 11.6 Å². The Bertz CT molecular complexity index is 295. The van der Waals surface area contributed by atoms with E-state index in [1.54, 1.807) is 12.4 Å². The molecule has 0 atom stereocenters. The number of hydrogen-bond acceptors (Lipinski definition) is 4. The lowest BCUT2D eigenvalue weighted by Gasteiger charge is -2.16. The Balaban J connectivity index is 2.04. The van der Waals surface area contributed by atoms with Crippen LogP contribution in [-0.2, 0) is 0 Å². The molecule has 1 aliphatic rings. The third-order valence-corrected chi connectivity index (χ3v) is 2.26. The molecule has 70 valence electrons. The van der Waals surface area contributed by atoms with Gasteiger partial charge in [-0.15, -0.1) is 0 Å². The second-order valence-electron chi connectivity index (χ2n) is 3.63. The zero-order valence-corrected chi connectivity index (χ0v) is 7.77. The summed E-state index contributed by atoms with van der Waals surface area (Å²) in [7, 11) is 2.03. The quantitative estimate of drug-likeness (QED) is 0.747. The van der Waals surface area contributed by atoms with Crippen molar-refractivity contribution >= 4 is 11.6 Å². The van der Waals surface area contributed by atoms with Crippen LogP contribution in [0.15, 0.2) is 12.4 Å². The van der Waals surface area contributed by atoms with Crippen LogP contribution in [0.4, 0.5) is 11.6 Å². The Kier molecular flexibility index (Phi) is 2.04. The van der Waals surface area contributed by atoms with E-state index in [2.05, 4.69) is 14.9 Å². The molecule has 1 heterocycles. The lowest BCUT2D eigenvalue weighted by Crippen LogP contribution is -2.21. The summed E-state index contributed by atoms with van der Waals surface area (Å²) in [5, 5.41) is 0. The summed E-state index contributed by atoms with van der Waals surface area (Å²) < 4.78 is 0. The van der Waals surface area contributed by atoms with Gasteiger partial charge in [-0.3, -0.25) is 4.98 Å². The fraction of sp³-hybridized carbons (Fsp3) is 0.556. The normalized spacial score (nSPS) is 15.8. The molecule has 2 rings (SSSR count). The van der Waals surface area contributed by atoms with Crippen LogP contribution in [0, 0.1) is 5.92 Å². The summed E-state index contributed by atoms with van der Waals surface area (Å²) in [4.78, 5) is 10.3. The lowest BCUT2D eigenvalue weighted by atomic mass is 10.4. The highest BCUT2D eigenvalue weighted by atomic mass is 15.2. The average Bonchev–Trinajstić information content (AvgIpc) is 2.88. The number of anilines is 2. The lowest BCUT2D eigenvalue weighted by molar-refractivity contribution is 0.775. The van der Waals surface area contributed by atoms with E-state index >= 15 is 0 Å². The van der Waals surface area contributed by atoms with Gasteiger partial charge >= 0.3 is 0 Å². The van der Waals surface area contributed by atoms with E-state index in [9.17, 15) is 0 Å². The van der Waals surface area contributed by atoms with Crippen LogP contribution in [0.5, 0.6) is 0 Å². The van der Waals surface area contributed by atoms with Gasteiger partial charge in [0.15, 0.2) is 0 Å². The number of hydrogen-bond donors (Lipinski definition) is 1. The van der Waals surface area contributed by atoms with Gasteiger partial charge < -0.3 is 10.6 Å². The molecule has 1 aromatic heterocycles. The molecule has 0 aliphatic heterocycles. The Morgan fingerprint density at radius 1 is 1.54 bits per heavy atom. The highest BCUT2D eigenvalue weighted by Gasteiger charge is 2.23. The second-order valence-corrected chi connectivity index (χ2v) is 3.63. The minimum Gasteiger partial charge on any atom is -0.382 e. The summed E-state index contributed by atoms with van der Waals surface area (Å²) in [5.74, 6) is 2.21. The van der Waals surface area contributed by atoms with E-state index in [-0.39, 0.29) is 0 Å². The van der Waals surface area contributed by atoms with Crippen molar-refractivity contribution in [2.24, 2.45) is 5.92 Å². The monoisotopic (exact) mass is 178 g/mol. The molecule has 0 aromatic carbocycles. The maximum atomic E-state index is 5.54. The molecule has 0 saturated heterocycles. The van der Waals surface area contributed by atoms with Crippen LogP contribution in [0.1, 0.15) is 12.8 Å². The molecule has 0 radical (unpaired) electrons. The second kappa shape index (κ2) is 3.20. The Labute approximate surface area is 77.8 Å². The van der Waals surface area contributed by atoms with Crippen molar-refractivity contribution in [3.05, 3.63) is 12.4 Å². The highest BCUT2D eigenvalue weighted by molar-refractivity contribution is 5.40. The molecule has 1 aliphatic carbocycles. The average molecular weight is 178 g/mol. The molecule has 0 spiro atoms. The van der Waals surface area contributed by atoms with Crippen molar-refractivity contribution < 1.29 is 0 Å². The maximum Gasteiger partial charge on any atom is 0.149 e. The fourth-order valence-corrected chi connectivity index (χ4v) is 1.34. The van der Waals surface area contributed by atoms with E-state index < -0.39 is 0 Å². The van der Waals surface area contributed by atoms with Crippen molar-refractivity contribution in [3.63, 3.8) is 0 Å². The molecular formula is C9H14N4. The molecule has 1 saturated carbocycles. The zero-order chi connectivity index (χ0) is 9.26. The summed E-state index contributed by atoms with van der Waals surface area (Å²) in [6.45, 7) is 1.07. The molecule has 13 heavy (non-hydrogen) atoms. The van der Waals surface area contributed by atoms with Crippen LogP contribution in [-0.4, -0.2) is 23.6 Å². The SMILES string of the molecule is CN(CC1CC1)c1cncc(N)n1. The van der Waals surface area contributed by atoms with Gasteiger partial charge in [-0.1, -0.05) is 0 Å². The number of rotatable bonds is 3. The van der Waals surface area contributed by atoms with Crippen LogP contribution >= 0.6 is 0 Å². The molecular weight excluding hydrogens is 164 g/mol. The van der Waals surface area contributed by atoms with E-state index in [1.165, 1.54) is 12.8 Å². The molecule has 4 nitrogen and oxygen atoms in total. The van der Waals surface area contributed by atoms with Gasteiger partial charge in [-0.2, -0.15) is 0 Å². The topological polar surface area (TPSA) is 55.0 Å². The molecule has 0 amide bonds. The number of nitrogens with two attached hydrogens (primary N) is 1. The minimum absolute atomic E-state index is 0.486. The van der Waals surface area contributed by atoms with Gasteiger partial charge in [0.05, 0.1) is 12.4 Å². The van der Waals surface area contributed by atoms with Crippen molar-refractivity contribution in [1.29, 1.82) is 0 Å². The van der Waals surface area contributed by atoms with Crippen molar-refractivity contribution in [1.82, 2.24) is 9.97 Å². The van der Waals surface area contributed by atoms with E-state index in [0.717, 1.165) is 18.3 Å². The fourth-order valence-electron chi connectivity index (χ4n) is 1.34. The third-order valence-electron chi connectivity index (χ3n) is 2.26. The Morgan fingerprint density at radius 3 is 2.92 bits per heavy atom. The van der Waals surface area contributed by atoms with Crippen LogP contribution in [0.3, 0.4) is 0 Å². The van der Waals surface area contributed by atoms with Crippen LogP contribution in [0.25, 0.3) is 0 Å². The van der Waals surface area contributed by atoms with E-state index in [0.29, 0.717) is 5.82 Å². The summed E-state index contributed by atoms with van der Waals surface area (Å²) >= 11 is 0. The van der Waals surface area contributed by atoms with Gasteiger partial charge in [-0.25, -0.2) is 4.98 Å². The Morgan fingerprint density at radius 2 is 2.31 bits per heavy atom. The van der Waals surface area contributed by atoms with Crippen molar-refractivity contribution in [2.75, 3.05) is 24.2 Å². The van der Waals surface area contributed by atoms with E-state index in [4.69, 9.17) is 5.73 Å². The zero-order valence-electron chi connectivity index (χ0n) is 7.77. The largest absolute Gasteiger partial charge is 0.382 e. The Hall–Kier alpha value is -1.32. The smallest absolute Gasteiger partial charge is 0.149 e. The maximum absolute atomic E-state index is 5.54. The summed E-state index contributed by atoms with van der Waals surface area (Å²) in [6, 6.07) is 0. The number of nitrogens with zero attached hydrogens (tertiary/aromatic N) is 3. The first-order chi connectivity index (χ1) is 6.25. The van der Waals surface area contributed by atoms with Gasteiger partial charge in [-0.05, 0) is 18.8 Å². The summed E-state index contributed by atoms with van der Waals surface area (Å²) in [6.07, 6.45) is 6.01. The van der Waals surface area contributed by atoms with Crippen LogP contribution < -0.4 is 10.6 Å². The molecule has 4 heteroatoms. The first-order valence-corrected chi connectivity index (χ1v) is 4.54.